The maximum Gasteiger partial charge on any atom is 0.263 e. The van der Waals surface area contributed by atoms with Crippen LogP contribution in [0, 0.1) is 0 Å². The molecule has 1 aliphatic heterocycles. The van der Waals surface area contributed by atoms with Gasteiger partial charge in [-0.15, -0.1) is 11.8 Å². The van der Waals surface area contributed by atoms with Crippen molar-refractivity contribution in [1.29, 1.82) is 0 Å². The van der Waals surface area contributed by atoms with Gasteiger partial charge in [0.15, 0.2) is 5.16 Å². The molecule has 3 aromatic rings. The van der Waals surface area contributed by atoms with Crippen LogP contribution in [0.3, 0.4) is 0 Å². The maximum absolute atomic E-state index is 13.4. The van der Waals surface area contributed by atoms with E-state index >= 15 is 0 Å². The standard InChI is InChI=1S/C23H22ClN3O2S2/c1-14-15(2)31-21-20(14)22(29)27(18-10-8-17(24)9-11-18)23(26-21)30-13-19(28)25-12-16-6-4-3-5-7-16/h3-11,14-15H,12-13H2,1-2H3,(H,25,28). The predicted molar refractivity (Wildman–Crippen MR) is 128 cm³/mol. The molecule has 1 aromatic heterocycles. The number of nitrogens with zero attached hydrogens (tertiary/aromatic N) is 2. The smallest absolute Gasteiger partial charge is 0.263 e. The molecule has 0 spiro atoms. The lowest BCUT2D eigenvalue weighted by Gasteiger charge is -2.15. The number of nitrogens with one attached hydrogen (secondary N) is 1. The van der Waals surface area contributed by atoms with Gasteiger partial charge in [-0.3, -0.25) is 14.2 Å². The summed E-state index contributed by atoms with van der Waals surface area (Å²) in [5, 5.41) is 5.07. The van der Waals surface area contributed by atoms with Crippen LogP contribution in [-0.2, 0) is 11.3 Å². The van der Waals surface area contributed by atoms with Crippen LogP contribution in [0.25, 0.3) is 5.69 Å². The zero-order valence-electron chi connectivity index (χ0n) is 17.2. The van der Waals surface area contributed by atoms with Crippen molar-refractivity contribution in [2.24, 2.45) is 0 Å². The summed E-state index contributed by atoms with van der Waals surface area (Å²) < 4.78 is 1.60. The second kappa shape index (κ2) is 9.51. The fraction of sp³-hybridized carbons (Fsp3) is 0.261. The van der Waals surface area contributed by atoms with Crippen LogP contribution in [-0.4, -0.2) is 26.5 Å². The van der Waals surface area contributed by atoms with Crippen molar-refractivity contribution in [3.05, 3.63) is 81.1 Å². The Morgan fingerprint density at radius 2 is 1.87 bits per heavy atom. The highest BCUT2D eigenvalue weighted by atomic mass is 35.5. The number of rotatable bonds is 6. The summed E-state index contributed by atoms with van der Waals surface area (Å²) in [6.45, 7) is 4.63. The molecule has 2 unspecified atom stereocenters. The van der Waals surface area contributed by atoms with Gasteiger partial charge in [0.1, 0.15) is 5.03 Å². The first kappa shape index (κ1) is 22.0. The number of fused-ring (bicyclic) bond motifs is 1. The van der Waals surface area contributed by atoms with Crippen molar-refractivity contribution >= 4 is 41.0 Å². The summed E-state index contributed by atoms with van der Waals surface area (Å²) >= 11 is 8.92. The lowest BCUT2D eigenvalue weighted by atomic mass is 10.0. The Labute approximate surface area is 194 Å². The van der Waals surface area contributed by atoms with Gasteiger partial charge in [0.05, 0.1) is 17.0 Å². The van der Waals surface area contributed by atoms with Gasteiger partial charge in [0.2, 0.25) is 5.91 Å². The van der Waals surface area contributed by atoms with Gasteiger partial charge in [-0.1, -0.05) is 67.5 Å². The molecule has 160 valence electrons. The Morgan fingerprint density at radius 1 is 1.16 bits per heavy atom. The molecule has 31 heavy (non-hydrogen) atoms. The molecule has 4 rings (SSSR count). The van der Waals surface area contributed by atoms with Crippen molar-refractivity contribution in [3.63, 3.8) is 0 Å². The van der Waals surface area contributed by atoms with E-state index in [0.717, 1.165) is 16.2 Å². The van der Waals surface area contributed by atoms with Crippen molar-refractivity contribution in [1.82, 2.24) is 14.9 Å². The van der Waals surface area contributed by atoms with Crippen LogP contribution in [0.5, 0.6) is 0 Å². The molecule has 2 aromatic carbocycles. The average Bonchev–Trinajstić information content (AvgIpc) is 3.06. The third kappa shape index (κ3) is 4.84. The molecule has 0 bridgehead atoms. The summed E-state index contributed by atoms with van der Waals surface area (Å²) in [5.74, 6) is 0.175. The molecule has 0 fully saturated rings. The van der Waals surface area contributed by atoms with Gasteiger partial charge in [0, 0.05) is 22.7 Å². The molecule has 0 saturated heterocycles. The van der Waals surface area contributed by atoms with Gasteiger partial charge in [-0.25, -0.2) is 4.98 Å². The maximum atomic E-state index is 13.4. The number of halogens is 1. The third-order valence-electron chi connectivity index (χ3n) is 5.26. The molecular formula is C23H22ClN3O2S2. The van der Waals surface area contributed by atoms with Gasteiger partial charge in [-0.2, -0.15) is 0 Å². The number of hydrogen-bond acceptors (Lipinski definition) is 5. The Hall–Kier alpha value is -2.22. The fourth-order valence-corrected chi connectivity index (χ4v) is 5.63. The Bertz CT molecular complexity index is 1150. The van der Waals surface area contributed by atoms with Gasteiger partial charge in [0.25, 0.3) is 5.56 Å². The molecule has 2 heterocycles. The predicted octanol–water partition coefficient (Wildman–Crippen LogP) is 4.89. The number of benzene rings is 2. The summed E-state index contributed by atoms with van der Waals surface area (Å²) in [6, 6.07) is 16.8. The van der Waals surface area contributed by atoms with E-state index in [1.807, 2.05) is 30.3 Å². The monoisotopic (exact) mass is 471 g/mol. The van der Waals surface area contributed by atoms with E-state index in [2.05, 4.69) is 19.2 Å². The quantitative estimate of drug-likeness (QED) is 0.315. The Balaban J connectivity index is 1.60. The molecule has 1 N–H and O–H groups in total. The van der Waals surface area contributed by atoms with E-state index in [9.17, 15) is 9.59 Å². The number of aromatic nitrogens is 2. The van der Waals surface area contributed by atoms with Crippen molar-refractivity contribution in [3.8, 4) is 5.69 Å². The van der Waals surface area contributed by atoms with E-state index in [0.29, 0.717) is 22.4 Å². The first-order valence-corrected chi connectivity index (χ1v) is 12.2. The second-order valence-electron chi connectivity index (χ2n) is 7.39. The fourth-order valence-electron chi connectivity index (χ4n) is 3.38. The first-order chi connectivity index (χ1) is 14.9. The lowest BCUT2D eigenvalue weighted by molar-refractivity contribution is -0.118. The molecule has 5 nitrogen and oxygen atoms in total. The molecule has 2 atom stereocenters. The summed E-state index contributed by atoms with van der Waals surface area (Å²) in [5.41, 5.74) is 2.39. The SMILES string of the molecule is CC1Sc2nc(SCC(=O)NCc3ccccc3)n(-c3ccc(Cl)cc3)c(=O)c2C1C. The molecule has 8 heteroatoms. The normalized spacial score (nSPS) is 17.4. The van der Waals surface area contributed by atoms with Gasteiger partial charge in [-0.05, 0) is 29.8 Å². The topological polar surface area (TPSA) is 64.0 Å². The van der Waals surface area contributed by atoms with E-state index in [-0.39, 0.29) is 28.4 Å². The van der Waals surface area contributed by atoms with Crippen molar-refractivity contribution in [2.45, 2.75) is 41.7 Å². The molecule has 0 radical (unpaired) electrons. The van der Waals surface area contributed by atoms with E-state index in [1.165, 1.54) is 11.8 Å². The van der Waals surface area contributed by atoms with Crippen LogP contribution in [0.2, 0.25) is 5.02 Å². The molecule has 1 aliphatic rings. The van der Waals surface area contributed by atoms with Gasteiger partial charge < -0.3 is 5.32 Å². The Morgan fingerprint density at radius 3 is 2.58 bits per heavy atom. The number of carbonyl (C=O) groups is 1. The summed E-state index contributed by atoms with van der Waals surface area (Å²) in [6.07, 6.45) is 0. The highest BCUT2D eigenvalue weighted by molar-refractivity contribution is 8.00. The highest BCUT2D eigenvalue weighted by Crippen LogP contribution is 2.43. The minimum atomic E-state index is -0.111. The molecule has 0 saturated carbocycles. The number of hydrogen-bond donors (Lipinski definition) is 1. The Kier molecular flexibility index (Phi) is 6.74. The minimum absolute atomic E-state index is 0.0798. The van der Waals surface area contributed by atoms with Crippen LogP contribution < -0.4 is 10.9 Å². The van der Waals surface area contributed by atoms with Crippen molar-refractivity contribution < 1.29 is 4.79 Å². The van der Waals surface area contributed by atoms with Crippen LogP contribution in [0.1, 0.15) is 30.9 Å². The van der Waals surface area contributed by atoms with E-state index in [1.54, 1.807) is 40.6 Å². The van der Waals surface area contributed by atoms with Crippen LogP contribution in [0.4, 0.5) is 0 Å². The lowest BCUT2D eigenvalue weighted by Crippen LogP contribution is -2.28. The molecule has 1 amide bonds. The zero-order chi connectivity index (χ0) is 22.0. The van der Waals surface area contributed by atoms with Crippen molar-refractivity contribution in [2.75, 3.05) is 5.75 Å². The highest BCUT2D eigenvalue weighted by Gasteiger charge is 2.33. The van der Waals surface area contributed by atoms with Gasteiger partial charge >= 0.3 is 0 Å². The summed E-state index contributed by atoms with van der Waals surface area (Å²) in [7, 11) is 0. The van der Waals surface area contributed by atoms with E-state index in [4.69, 9.17) is 16.6 Å². The van der Waals surface area contributed by atoms with Crippen LogP contribution >= 0.6 is 35.1 Å². The largest absolute Gasteiger partial charge is 0.351 e. The summed E-state index contributed by atoms with van der Waals surface area (Å²) in [4.78, 5) is 30.7. The minimum Gasteiger partial charge on any atom is -0.351 e. The third-order valence-corrected chi connectivity index (χ3v) is 7.76. The average molecular weight is 472 g/mol. The second-order valence-corrected chi connectivity index (χ2v) is 10.1. The first-order valence-electron chi connectivity index (χ1n) is 9.97. The van der Waals surface area contributed by atoms with Crippen LogP contribution in [0.15, 0.2) is 69.6 Å². The molecule has 0 aliphatic carbocycles. The number of carbonyl (C=O) groups excluding carboxylic acids is 1. The molecular weight excluding hydrogens is 450 g/mol. The van der Waals surface area contributed by atoms with E-state index < -0.39 is 0 Å². The zero-order valence-corrected chi connectivity index (χ0v) is 19.6. The number of amides is 1. The number of thioether (sulfide) groups is 2.